The Hall–Kier alpha value is -0.610. The second-order valence-electron chi connectivity index (χ2n) is 5.54. The van der Waals surface area contributed by atoms with Crippen LogP contribution >= 0.6 is 0 Å². The molecule has 0 amide bonds. The quantitative estimate of drug-likeness (QED) is 0.734. The summed E-state index contributed by atoms with van der Waals surface area (Å²) in [4.78, 5) is 14.1. The van der Waals surface area contributed by atoms with Crippen molar-refractivity contribution in [2.45, 2.75) is 32.7 Å². The van der Waals surface area contributed by atoms with E-state index in [1.54, 1.807) is 0 Å². The Bertz CT molecular complexity index is 260. The van der Waals surface area contributed by atoms with E-state index in [0.29, 0.717) is 0 Å². The molecule has 0 bridgehead atoms. The summed E-state index contributed by atoms with van der Waals surface area (Å²) >= 11 is 0. The third-order valence-electron chi connectivity index (χ3n) is 4.18. The van der Waals surface area contributed by atoms with Crippen LogP contribution in [0.1, 0.15) is 27.2 Å². The van der Waals surface area contributed by atoms with Gasteiger partial charge in [0.05, 0.1) is 7.11 Å². The van der Waals surface area contributed by atoms with Crippen molar-refractivity contribution in [3.05, 3.63) is 0 Å². The molecule has 1 aliphatic heterocycles. The lowest BCUT2D eigenvalue weighted by Crippen LogP contribution is -2.50. The van der Waals surface area contributed by atoms with Crippen molar-refractivity contribution in [2.75, 3.05) is 33.8 Å². The van der Waals surface area contributed by atoms with E-state index < -0.39 is 5.54 Å². The van der Waals surface area contributed by atoms with Crippen LogP contribution in [0.25, 0.3) is 0 Å². The second kappa shape index (κ2) is 5.83. The Balaban J connectivity index is 2.46. The minimum atomic E-state index is -0.566. The average Bonchev–Trinajstić information content (AvgIpc) is 2.64. The summed E-state index contributed by atoms with van der Waals surface area (Å²) < 4.78 is 4.84. The molecule has 1 aliphatic rings. The number of nitrogens with one attached hydrogen (secondary N) is 1. The molecule has 1 heterocycles. The van der Waals surface area contributed by atoms with E-state index in [1.807, 2.05) is 14.0 Å². The Kier molecular flexibility index (Phi) is 4.95. The van der Waals surface area contributed by atoms with Gasteiger partial charge < -0.3 is 15.0 Å². The first-order chi connectivity index (χ1) is 7.92. The van der Waals surface area contributed by atoms with E-state index in [0.717, 1.165) is 37.9 Å². The number of likely N-dealkylation sites (N-methyl/N-ethyl adjacent to an activating group) is 1. The number of carbonyl (C=O) groups excluding carboxylic acids is 1. The standard InChI is InChI=1S/C13H26N2O2/c1-10-8-15(9-11(10)2)7-6-13(3,14-4)12(16)17-5/h10-11,14H,6-9H2,1-5H3. The first-order valence-corrected chi connectivity index (χ1v) is 6.42. The molecule has 0 aromatic rings. The summed E-state index contributed by atoms with van der Waals surface area (Å²) in [7, 11) is 3.25. The third-order valence-corrected chi connectivity index (χ3v) is 4.18. The van der Waals surface area contributed by atoms with Crippen LogP contribution in [0.5, 0.6) is 0 Å². The maximum absolute atomic E-state index is 11.7. The zero-order valence-corrected chi connectivity index (χ0v) is 11.7. The van der Waals surface area contributed by atoms with E-state index in [-0.39, 0.29) is 5.97 Å². The van der Waals surface area contributed by atoms with Gasteiger partial charge in [-0.3, -0.25) is 4.79 Å². The monoisotopic (exact) mass is 242 g/mol. The van der Waals surface area contributed by atoms with Gasteiger partial charge in [-0.05, 0) is 32.2 Å². The smallest absolute Gasteiger partial charge is 0.325 e. The predicted octanol–water partition coefficient (Wildman–Crippen LogP) is 1.12. The van der Waals surface area contributed by atoms with E-state index >= 15 is 0 Å². The normalized spacial score (nSPS) is 29.0. The Morgan fingerprint density at radius 1 is 1.41 bits per heavy atom. The van der Waals surface area contributed by atoms with Crippen LogP contribution in [-0.2, 0) is 9.53 Å². The highest BCUT2D eigenvalue weighted by atomic mass is 16.5. The first kappa shape index (κ1) is 14.5. The molecule has 0 spiro atoms. The number of esters is 1. The van der Waals surface area contributed by atoms with Gasteiger partial charge in [-0.2, -0.15) is 0 Å². The zero-order valence-electron chi connectivity index (χ0n) is 11.7. The minimum absolute atomic E-state index is 0.180. The fourth-order valence-corrected chi connectivity index (χ4v) is 2.37. The Labute approximate surface area is 105 Å². The van der Waals surface area contributed by atoms with Gasteiger partial charge >= 0.3 is 5.97 Å². The number of methoxy groups -OCH3 is 1. The number of rotatable bonds is 5. The van der Waals surface area contributed by atoms with Gasteiger partial charge in [0.2, 0.25) is 0 Å². The van der Waals surface area contributed by atoms with Crippen LogP contribution in [0, 0.1) is 11.8 Å². The van der Waals surface area contributed by atoms with Crippen molar-refractivity contribution in [2.24, 2.45) is 11.8 Å². The largest absolute Gasteiger partial charge is 0.468 e. The van der Waals surface area contributed by atoms with Crippen LogP contribution in [0.3, 0.4) is 0 Å². The third kappa shape index (κ3) is 3.42. The molecular formula is C13H26N2O2. The Morgan fingerprint density at radius 2 is 1.94 bits per heavy atom. The topological polar surface area (TPSA) is 41.6 Å². The molecule has 3 unspecified atom stereocenters. The summed E-state index contributed by atoms with van der Waals surface area (Å²) in [6.45, 7) is 9.72. The summed E-state index contributed by atoms with van der Waals surface area (Å²) in [5.74, 6) is 1.34. The molecule has 0 saturated carbocycles. The molecule has 1 N–H and O–H groups in total. The van der Waals surface area contributed by atoms with E-state index in [1.165, 1.54) is 7.11 Å². The molecule has 1 rings (SSSR count). The zero-order chi connectivity index (χ0) is 13.1. The molecule has 4 nitrogen and oxygen atoms in total. The summed E-state index contributed by atoms with van der Waals surface area (Å²) in [5, 5.41) is 3.07. The van der Waals surface area contributed by atoms with Crippen molar-refractivity contribution in [1.29, 1.82) is 0 Å². The number of hydrogen-bond donors (Lipinski definition) is 1. The van der Waals surface area contributed by atoms with Crippen molar-refractivity contribution in [3.8, 4) is 0 Å². The first-order valence-electron chi connectivity index (χ1n) is 6.42. The fourth-order valence-electron chi connectivity index (χ4n) is 2.37. The van der Waals surface area contributed by atoms with Gasteiger partial charge in [0.25, 0.3) is 0 Å². The SMILES string of the molecule is CNC(C)(CCN1CC(C)C(C)C1)C(=O)OC. The summed E-state index contributed by atoms with van der Waals surface area (Å²) in [6.07, 6.45) is 0.787. The highest BCUT2D eigenvalue weighted by Crippen LogP contribution is 2.23. The van der Waals surface area contributed by atoms with Crippen molar-refractivity contribution in [1.82, 2.24) is 10.2 Å². The van der Waals surface area contributed by atoms with Crippen LogP contribution in [0.2, 0.25) is 0 Å². The van der Waals surface area contributed by atoms with Gasteiger partial charge in [0.1, 0.15) is 5.54 Å². The van der Waals surface area contributed by atoms with E-state index in [2.05, 4.69) is 24.1 Å². The van der Waals surface area contributed by atoms with E-state index in [4.69, 9.17) is 4.74 Å². The van der Waals surface area contributed by atoms with Gasteiger partial charge in [-0.1, -0.05) is 13.8 Å². The number of nitrogens with zero attached hydrogens (tertiary/aromatic N) is 1. The van der Waals surface area contributed by atoms with Crippen LogP contribution in [0.4, 0.5) is 0 Å². The molecule has 4 heteroatoms. The molecule has 0 aromatic heterocycles. The highest BCUT2D eigenvalue weighted by molar-refractivity contribution is 5.80. The van der Waals surface area contributed by atoms with Crippen molar-refractivity contribution >= 4 is 5.97 Å². The number of carbonyl (C=O) groups is 1. The minimum Gasteiger partial charge on any atom is -0.468 e. The van der Waals surface area contributed by atoms with Crippen molar-refractivity contribution < 1.29 is 9.53 Å². The molecule has 0 aliphatic carbocycles. The lowest BCUT2D eigenvalue weighted by Gasteiger charge is -2.28. The van der Waals surface area contributed by atoms with Crippen LogP contribution < -0.4 is 5.32 Å². The maximum atomic E-state index is 11.7. The van der Waals surface area contributed by atoms with Gasteiger partial charge in [-0.25, -0.2) is 0 Å². The second-order valence-corrected chi connectivity index (χ2v) is 5.54. The molecule has 1 fully saturated rings. The lowest BCUT2D eigenvalue weighted by molar-refractivity contribution is -0.148. The molecule has 17 heavy (non-hydrogen) atoms. The number of hydrogen-bond acceptors (Lipinski definition) is 4. The number of ether oxygens (including phenoxy) is 1. The molecule has 1 saturated heterocycles. The average molecular weight is 242 g/mol. The van der Waals surface area contributed by atoms with E-state index in [9.17, 15) is 4.79 Å². The molecule has 0 aromatic carbocycles. The van der Waals surface area contributed by atoms with Gasteiger partial charge in [0.15, 0.2) is 0 Å². The van der Waals surface area contributed by atoms with Gasteiger partial charge in [0, 0.05) is 19.6 Å². The van der Waals surface area contributed by atoms with Crippen molar-refractivity contribution in [3.63, 3.8) is 0 Å². The summed E-state index contributed by atoms with van der Waals surface area (Å²) in [5.41, 5.74) is -0.566. The Morgan fingerprint density at radius 3 is 2.35 bits per heavy atom. The van der Waals surface area contributed by atoms with Crippen LogP contribution in [0.15, 0.2) is 0 Å². The van der Waals surface area contributed by atoms with Gasteiger partial charge in [-0.15, -0.1) is 0 Å². The predicted molar refractivity (Wildman–Crippen MR) is 68.9 cm³/mol. The van der Waals surface area contributed by atoms with Crippen LogP contribution in [-0.4, -0.2) is 50.2 Å². The molecule has 100 valence electrons. The summed E-state index contributed by atoms with van der Waals surface area (Å²) in [6, 6.07) is 0. The lowest BCUT2D eigenvalue weighted by atomic mass is 9.98. The molecule has 3 atom stereocenters. The molecular weight excluding hydrogens is 216 g/mol. The highest BCUT2D eigenvalue weighted by Gasteiger charge is 2.34. The number of likely N-dealkylation sites (tertiary alicyclic amines) is 1. The molecule has 0 radical (unpaired) electrons. The maximum Gasteiger partial charge on any atom is 0.325 e. The fraction of sp³-hybridized carbons (Fsp3) is 0.923.